The van der Waals surface area contributed by atoms with Gasteiger partial charge in [-0.2, -0.15) is 0 Å². The molecule has 0 radical (unpaired) electrons. The average Bonchev–Trinajstić information content (AvgIpc) is 2.75. The summed E-state index contributed by atoms with van der Waals surface area (Å²) >= 11 is 0. The zero-order valence-electron chi connectivity index (χ0n) is 9.69. The molecule has 0 amide bonds. The van der Waals surface area contributed by atoms with Gasteiger partial charge in [0.2, 0.25) is 0 Å². The standard InChI is InChI=1S/C12H21NO3/c14-11(15)7-10-3-6-13(8-10)9-12(16)4-1-2-5-12/h10,16H,1-9H2,(H,14,15). The first-order valence-corrected chi connectivity index (χ1v) is 6.24. The SMILES string of the molecule is O=C(O)CC1CCN(CC2(O)CCCC2)C1. The van der Waals surface area contributed by atoms with E-state index in [9.17, 15) is 9.90 Å². The molecule has 0 aromatic heterocycles. The van der Waals surface area contributed by atoms with Crippen molar-refractivity contribution >= 4 is 5.97 Å². The monoisotopic (exact) mass is 227 g/mol. The van der Waals surface area contributed by atoms with Crippen molar-refractivity contribution in [1.29, 1.82) is 0 Å². The smallest absolute Gasteiger partial charge is 0.303 e. The Morgan fingerprint density at radius 3 is 2.69 bits per heavy atom. The van der Waals surface area contributed by atoms with Crippen molar-refractivity contribution < 1.29 is 15.0 Å². The second-order valence-corrected chi connectivity index (χ2v) is 5.42. The van der Waals surface area contributed by atoms with Crippen molar-refractivity contribution in [3.63, 3.8) is 0 Å². The molecule has 2 aliphatic rings. The van der Waals surface area contributed by atoms with Crippen LogP contribution >= 0.6 is 0 Å². The Bertz CT molecular complexity index is 261. The maximum atomic E-state index is 10.6. The molecule has 1 saturated heterocycles. The van der Waals surface area contributed by atoms with Gasteiger partial charge in [0.25, 0.3) is 0 Å². The van der Waals surface area contributed by atoms with Gasteiger partial charge in [-0.25, -0.2) is 0 Å². The Hall–Kier alpha value is -0.610. The van der Waals surface area contributed by atoms with Crippen LogP contribution in [0.3, 0.4) is 0 Å². The van der Waals surface area contributed by atoms with Gasteiger partial charge < -0.3 is 15.1 Å². The van der Waals surface area contributed by atoms with Gasteiger partial charge in [0.1, 0.15) is 0 Å². The number of nitrogens with zero attached hydrogens (tertiary/aromatic N) is 1. The number of hydrogen-bond acceptors (Lipinski definition) is 3. The molecule has 0 aromatic carbocycles. The van der Waals surface area contributed by atoms with Crippen LogP contribution in [0.5, 0.6) is 0 Å². The van der Waals surface area contributed by atoms with Crippen molar-refractivity contribution in [2.24, 2.45) is 5.92 Å². The lowest BCUT2D eigenvalue weighted by atomic mass is 10.0. The van der Waals surface area contributed by atoms with Gasteiger partial charge in [-0.05, 0) is 31.7 Å². The van der Waals surface area contributed by atoms with E-state index in [1.807, 2.05) is 0 Å². The molecule has 1 saturated carbocycles. The molecule has 92 valence electrons. The van der Waals surface area contributed by atoms with Gasteiger partial charge in [0.15, 0.2) is 0 Å². The van der Waals surface area contributed by atoms with Gasteiger partial charge in [-0.15, -0.1) is 0 Å². The van der Waals surface area contributed by atoms with Gasteiger partial charge >= 0.3 is 5.97 Å². The lowest BCUT2D eigenvalue weighted by Gasteiger charge is -2.28. The second-order valence-electron chi connectivity index (χ2n) is 5.42. The maximum absolute atomic E-state index is 10.6. The zero-order valence-corrected chi connectivity index (χ0v) is 9.69. The van der Waals surface area contributed by atoms with Crippen molar-refractivity contribution in [3.8, 4) is 0 Å². The number of carboxylic acids is 1. The molecule has 2 rings (SSSR count). The Balaban J connectivity index is 1.78. The van der Waals surface area contributed by atoms with E-state index in [2.05, 4.69) is 4.90 Å². The molecule has 1 aliphatic heterocycles. The summed E-state index contributed by atoms with van der Waals surface area (Å²) in [5, 5.41) is 19.0. The van der Waals surface area contributed by atoms with E-state index in [0.717, 1.165) is 51.7 Å². The normalized spacial score (nSPS) is 29.7. The van der Waals surface area contributed by atoms with Crippen LogP contribution in [0.15, 0.2) is 0 Å². The first-order valence-electron chi connectivity index (χ1n) is 6.24. The third-order valence-electron chi connectivity index (χ3n) is 3.89. The fraction of sp³-hybridized carbons (Fsp3) is 0.917. The van der Waals surface area contributed by atoms with Gasteiger partial charge in [0.05, 0.1) is 5.60 Å². The van der Waals surface area contributed by atoms with Crippen LogP contribution in [0.2, 0.25) is 0 Å². The van der Waals surface area contributed by atoms with Crippen molar-refractivity contribution in [2.75, 3.05) is 19.6 Å². The van der Waals surface area contributed by atoms with E-state index in [1.165, 1.54) is 0 Å². The molecule has 1 atom stereocenters. The molecule has 1 unspecified atom stereocenters. The van der Waals surface area contributed by atoms with Crippen molar-refractivity contribution in [1.82, 2.24) is 4.90 Å². The molecule has 0 bridgehead atoms. The number of aliphatic carboxylic acids is 1. The minimum Gasteiger partial charge on any atom is -0.481 e. The van der Waals surface area contributed by atoms with Crippen LogP contribution in [0, 0.1) is 5.92 Å². The molecular formula is C12H21NO3. The van der Waals surface area contributed by atoms with Crippen molar-refractivity contribution in [3.05, 3.63) is 0 Å². The molecule has 2 N–H and O–H groups in total. The van der Waals surface area contributed by atoms with E-state index in [4.69, 9.17) is 5.11 Å². The number of β-amino-alcohol motifs (C(OH)–C–C–N with tert-alkyl or cyclic N) is 1. The topological polar surface area (TPSA) is 60.8 Å². The summed E-state index contributed by atoms with van der Waals surface area (Å²) in [6, 6.07) is 0. The summed E-state index contributed by atoms with van der Waals surface area (Å²) in [5.74, 6) is -0.422. The van der Waals surface area contributed by atoms with Gasteiger partial charge in [-0.3, -0.25) is 4.79 Å². The summed E-state index contributed by atoms with van der Waals surface area (Å²) in [4.78, 5) is 12.8. The fourth-order valence-electron chi connectivity index (χ4n) is 3.08. The number of aliphatic hydroxyl groups is 1. The predicted octanol–water partition coefficient (Wildman–Crippen LogP) is 1.09. The summed E-state index contributed by atoms with van der Waals surface area (Å²) in [6.07, 6.45) is 5.31. The van der Waals surface area contributed by atoms with Crippen LogP contribution in [0.4, 0.5) is 0 Å². The second kappa shape index (κ2) is 4.72. The molecule has 4 heteroatoms. The summed E-state index contributed by atoms with van der Waals surface area (Å²) in [5.41, 5.74) is -0.488. The summed E-state index contributed by atoms with van der Waals surface area (Å²) in [7, 11) is 0. The van der Waals surface area contributed by atoms with E-state index >= 15 is 0 Å². The highest BCUT2D eigenvalue weighted by Gasteiger charge is 2.35. The van der Waals surface area contributed by atoms with Crippen LogP contribution in [0.25, 0.3) is 0 Å². The number of hydrogen-bond donors (Lipinski definition) is 2. The van der Waals surface area contributed by atoms with Gasteiger partial charge in [-0.1, -0.05) is 12.8 Å². The third kappa shape index (κ3) is 2.95. The first kappa shape index (κ1) is 11.9. The van der Waals surface area contributed by atoms with Crippen LogP contribution in [-0.4, -0.2) is 46.3 Å². The van der Waals surface area contributed by atoms with Crippen molar-refractivity contribution in [2.45, 2.75) is 44.1 Å². The quantitative estimate of drug-likeness (QED) is 0.754. The summed E-state index contributed by atoms with van der Waals surface area (Å²) < 4.78 is 0. The summed E-state index contributed by atoms with van der Waals surface area (Å²) in [6.45, 7) is 2.53. The minimum absolute atomic E-state index is 0.273. The number of carbonyl (C=O) groups is 1. The number of rotatable bonds is 4. The largest absolute Gasteiger partial charge is 0.481 e. The van der Waals surface area contributed by atoms with Crippen LogP contribution < -0.4 is 0 Å². The third-order valence-corrected chi connectivity index (χ3v) is 3.89. The van der Waals surface area contributed by atoms with E-state index < -0.39 is 11.6 Å². The fourth-order valence-corrected chi connectivity index (χ4v) is 3.08. The highest BCUT2D eigenvalue weighted by molar-refractivity contribution is 5.67. The molecule has 2 fully saturated rings. The highest BCUT2D eigenvalue weighted by atomic mass is 16.4. The number of carboxylic acid groups (broad SMARTS) is 1. The highest BCUT2D eigenvalue weighted by Crippen LogP contribution is 2.32. The maximum Gasteiger partial charge on any atom is 0.303 e. The van der Waals surface area contributed by atoms with Gasteiger partial charge in [0, 0.05) is 19.5 Å². The molecule has 0 spiro atoms. The molecule has 1 heterocycles. The number of likely N-dealkylation sites (tertiary alicyclic amines) is 1. The van der Waals surface area contributed by atoms with Crippen LogP contribution in [0.1, 0.15) is 38.5 Å². The van der Waals surface area contributed by atoms with Crippen LogP contribution in [-0.2, 0) is 4.79 Å². The lowest BCUT2D eigenvalue weighted by Crippen LogP contribution is -2.40. The Labute approximate surface area is 96.3 Å². The molecule has 0 aromatic rings. The molecule has 16 heavy (non-hydrogen) atoms. The predicted molar refractivity (Wildman–Crippen MR) is 60.2 cm³/mol. The lowest BCUT2D eigenvalue weighted by molar-refractivity contribution is -0.138. The molecule has 1 aliphatic carbocycles. The Morgan fingerprint density at radius 1 is 1.38 bits per heavy atom. The van der Waals surface area contributed by atoms with E-state index in [0.29, 0.717) is 0 Å². The Morgan fingerprint density at radius 2 is 2.06 bits per heavy atom. The molecular weight excluding hydrogens is 206 g/mol. The van der Waals surface area contributed by atoms with E-state index in [1.54, 1.807) is 0 Å². The zero-order chi connectivity index (χ0) is 11.6. The minimum atomic E-state index is -0.702. The van der Waals surface area contributed by atoms with E-state index in [-0.39, 0.29) is 12.3 Å². The Kier molecular flexibility index (Phi) is 3.50. The molecule has 4 nitrogen and oxygen atoms in total. The average molecular weight is 227 g/mol. The first-order chi connectivity index (χ1) is 7.57.